The molecule has 9 aromatic heterocycles. The van der Waals surface area contributed by atoms with E-state index in [0.717, 1.165) is 232 Å². The molecule has 0 aliphatic heterocycles. The number of nitrogens with zero attached hydrogens (tertiary/aromatic N) is 18. The molecule has 0 amide bonds. The number of para-hydroxylation sites is 3. The number of nitriles is 9. The van der Waals surface area contributed by atoms with Crippen LogP contribution in [0.2, 0.25) is 0 Å². The van der Waals surface area contributed by atoms with Crippen molar-refractivity contribution in [1.82, 2.24) is 42.4 Å². The van der Waals surface area contributed by atoms with Crippen molar-refractivity contribution < 1.29 is 0 Å². The van der Waals surface area contributed by atoms with Crippen molar-refractivity contribution in [2.75, 3.05) is 0 Å². The van der Waals surface area contributed by atoms with E-state index >= 15 is 0 Å². The molecule has 0 unspecified atom stereocenters. The van der Waals surface area contributed by atoms with E-state index in [2.05, 4.69) is 279 Å². The van der Waals surface area contributed by atoms with Crippen LogP contribution >= 0.6 is 0 Å². The maximum atomic E-state index is 10.1. The van der Waals surface area contributed by atoms with Gasteiger partial charge in [0, 0.05) is 123 Å². The fourth-order valence-corrected chi connectivity index (χ4v) is 21.9. The van der Waals surface area contributed by atoms with E-state index in [1.807, 2.05) is 256 Å². The number of hydrogen-bond acceptors (Lipinski definition) is 12. The van der Waals surface area contributed by atoms with Gasteiger partial charge in [-0.3, -0.25) is 15.0 Å². The Hall–Kier alpha value is -22.4. The van der Waals surface area contributed by atoms with E-state index in [-0.39, 0.29) is 0 Å². The Bertz CT molecular complexity index is 10500. The van der Waals surface area contributed by atoms with Gasteiger partial charge in [0.25, 0.3) is 0 Å². The van der Waals surface area contributed by atoms with E-state index in [1.165, 1.54) is 0 Å². The highest BCUT2D eigenvalue weighted by Gasteiger charge is 2.27. The molecule has 0 radical (unpaired) electrons. The number of benzene rings is 18. The van der Waals surface area contributed by atoms with Crippen molar-refractivity contribution >= 4 is 131 Å². The lowest BCUT2D eigenvalue weighted by Gasteiger charge is -2.17. The third-order valence-electron chi connectivity index (χ3n) is 28.4. The molecule has 0 saturated carbocycles. The zero-order valence-electron chi connectivity index (χ0n) is 79.6. The van der Waals surface area contributed by atoms with E-state index in [9.17, 15) is 47.4 Å². The van der Waals surface area contributed by atoms with Gasteiger partial charge in [0.2, 0.25) is 0 Å². The van der Waals surface area contributed by atoms with Gasteiger partial charge in [-0.15, -0.1) is 0 Å². The molecule has 27 rings (SSSR count). The van der Waals surface area contributed by atoms with Gasteiger partial charge >= 0.3 is 0 Å². The van der Waals surface area contributed by atoms with Crippen LogP contribution < -0.4 is 0 Å². The van der Waals surface area contributed by atoms with Gasteiger partial charge in [-0.25, -0.2) is 0 Å². The maximum absolute atomic E-state index is 10.1. The first kappa shape index (κ1) is 89.0. The summed E-state index contributed by atoms with van der Waals surface area (Å²) in [6.07, 6.45) is 11.2. The zero-order chi connectivity index (χ0) is 101. The SMILES string of the molecule is N#Cc1ccc(-c2ccccc2-c2cc(-n3c4ccc(C#N)cc4c4cc(C#N)ccc43)cc(-n3c4ccccc4c4ccncc43)c2)cc1.N#Cc1ccc2c(c1)c1cc(C#N)ccc1n2-c1cc(-c2ccccc2-c2ccccc2C#N)cc(-n2c3ccccc3c3ccncc32)c1.N#Cc1cccc(-c2ccccc2-c2cc(-n3c4ccc(C#N)cc4c4cc(C#N)ccc43)cc(-n3c4ccccc4c4ccncc43)c2)c1. The minimum atomic E-state index is 0.552. The molecule has 9 heterocycles. The van der Waals surface area contributed by atoms with E-state index in [0.29, 0.717) is 50.1 Å². The first-order valence-corrected chi connectivity index (χ1v) is 48.4. The minimum Gasteiger partial charge on any atom is -0.309 e. The predicted molar refractivity (Wildman–Crippen MR) is 594 cm³/mol. The van der Waals surface area contributed by atoms with E-state index in [4.69, 9.17) is 0 Å². The molecule has 150 heavy (non-hydrogen) atoms. The van der Waals surface area contributed by atoms with Crippen LogP contribution in [0.25, 0.3) is 232 Å². The fourth-order valence-electron chi connectivity index (χ4n) is 21.9. The van der Waals surface area contributed by atoms with Crippen LogP contribution in [-0.2, 0) is 0 Å². The zero-order valence-corrected chi connectivity index (χ0v) is 79.6. The van der Waals surface area contributed by atoms with Crippen LogP contribution in [0.1, 0.15) is 50.1 Å². The summed E-state index contributed by atoms with van der Waals surface area (Å²) >= 11 is 0. The molecule has 18 nitrogen and oxygen atoms in total. The van der Waals surface area contributed by atoms with Gasteiger partial charge in [0.15, 0.2) is 0 Å². The van der Waals surface area contributed by atoms with Crippen molar-refractivity contribution in [3.8, 4) is 156 Å². The molecule has 0 fully saturated rings. The van der Waals surface area contributed by atoms with Gasteiger partial charge in [-0.1, -0.05) is 170 Å². The van der Waals surface area contributed by atoms with Crippen molar-refractivity contribution in [2.45, 2.75) is 0 Å². The highest BCUT2D eigenvalue weighted by atomic mass is 15.0. The first-order valence-electron chi connectivity index (χ1n) is 48.4. The van der Waals surface area contributed by atoms with Crippen molar-refractivity contribution in [3.05, 3.63) is 488 Å². The van der Waals surface area contributed by atoms with Crippen LogP contribution in [0.4, 0.5) is 0 Å². The highest BCUT2D eigenvalue weighted by molar-refractivity contribution is 6.16. The lowest BCUT2D eigenvalue weighted by atomic mass is 9.91. The lowest BCUT2D eigenvalue weighted by molar-refractivity contribution is 1.13. The van der Waals surface area contributed by atoms with Gasteiger partial charge < -0.3 is 27.4 Å². The first-order chi connectivity index (χ1) is 73.9. The fraction of sp³-hybridized carbons (Fsp3) is 0. The molecule has 690 valence electrons. The van der Waals surface area contributed by atoms with Crippen LogP contribution in [0.3, 0.4) is 0 Å². The molecule has 18 heteroatoms. The number of rotatable bonds is 12. The summed E-state index contributed by atoms with van der Waals surface area (Å²) in [5, 5.41) is 100. The summed E-state index contributed by atoms with van der Waals surface area (Å²) in [6, 6.07) is 154. The summed E-state index contributed by atoms with van der Waals surface area (Å²) in [7, 11) is 0. The molecule has 0 N–H and O–H groups in total. The average molecular weight is 1910 g/mol. The van der Waals surface area contributed by atoms with Crippen molar-refractivity contribution in [2.24, 2.45) is 0 Å². The normalized spacial score (nSPS) is 11.1. The second-order valence-electron chi connectivity index (χ2n) is 36.7. The van der Waals surface area contributed by atoms with Gasteiger partial charge in [0.05, 0.1) is 189 Å². The summed E-state index contributed by atoms with van der Waals surface area (Å²) in [6.45, 7) is 0. The molecular formula is C132H72N18. The van der Waals surface area contributed by atoms with Gasteiger partial charge in [-0.2, -0.15) is 47.4 Å². The Balaban J connectivity index is 0.000000116. The predicted octanol–water partition coefficient (Wildman–Crippen LogP) is 30.7. The van der Waals surface area contributed by atoms with Crippen molar-refractivity contribution in [3.63, 3.8) is 0 Å². The maximum Gasteiger partial charge on any atom is 0.0998 e. The van der Waals surface area contributed by atoms with E-state index in [1.54, 1.807) is 0 Å². The lowest BCUT2D eigenvalue weighted by Crippen LogP contribution is -2.01. The number of pyridine rings is 3. The second kappa shape index (κ2) is 36.9. The van der Waals surface area contributed by atoms with Crippen LogP contribution in [0.5, 0.6) is 0 Å². The quantitative estimate of drug-likeness (QED) is 0.110. The number of aromatic nitrogens is 9. The molecule has 0 saturated heterocycles. The Labute approximate surface area is 857 Å². The average Bonchev–Trinajstić information content (AvgIpc) is 1.58. The molecule has 18 aromatic carbocycles. The topological polar surface area (TPSA) is 282 Å². The Morgan fingerprint density at radius 1 is 0.147 bits per heavy atom. The smallest absolute Gasteiger partial charge is 0.0998 e. The Morgan fingerprint density at radius 2 is 0.387 bits per heavy atom. The summed E-state index contributed by atoms with van der Waals surface area (Å²) in [5.41, 5.74) is 34.3. The number of fused-ring (bicyclic) bond motifs is 18. The monoisotopic (exact) mass is 1910 g/mol. The Morgan fingerprint density at radius 3 is 0.700 bits per heavy atom. The summed E-state index contributed by atoms with van der Waals surface area (Å²) in [5.74, 6) is 0. The molecule has 27 aromatic rings. The largest absolute Gasteiger partial charge is 0.309 e. The molecule has 0 spiro atoms. The van der Waals surface area contributed by atoms with Crippen LogP contribution in [0.15, 0.2) is 438 Å². The molecule has 0 bridgehead atoms. The van der Waals surface area contributed by atoms with Crippen LogP contribution in [0, 0.1) is 102 Å². The summed E-state index contributed by atoms with van der Waals surface area (Å²) in [4.78, 5) is 13.6. The molecule has 0 atom stereocenters. The minimum absolute atomic E-state index is 0.552. The molecular weight excluding hydrogens is 1840 g/mol. The Kier molecular flexibility index (Phi) is 21.9. The van der Waals surface area contributed by atoms with Gasteiger partial charge in [0.1, 0.15) is 0 Å². The standard InChI is InChI=1S/3C44H24N6/c45-24-28-6-5-7-31(18-28)35-8-1-2-9-36(35)32-21-33(23-34(22-32)50-41-11-4-3-10-37(41)38-16-17-48-27-44(38)50)49-42-14-12-29(25-46)19-39(42)40-20-30(26-47)13-15-43(40)49;45-24-28-13-15-42-39(19-28)40-20-29(25-46)14-16-43(40)49(42)32-21-31(35-9-3-4-10-36(35)34-8-2-1-7-30(34)26-47)22-33(23-32)50-41-12-6-5-11-37(41)38-17-18-48-27-44(38)50;45-24-28-9-13-31(14-10-28)35-5-1-2-6-36(35)32-21-33(23-34(22-32)50-41-8-4-3-7-37(41)38-17-18-48-27-44(38)50)49-42-15-11-29(25-46)19-39(42)40-20-30(26-47)12-16-43(40)49/h3*1-23,27H. The third kappa shape index (κ3) is 15.1. The molecule has 0 aliphatic rings. The van der Waals surface area contributed by atoms with Gasteiger partial charge in [-0.05, 0) is 292 Å². The number of hydrogen-bond donors (Lipinski definition) is 0. The molecule has 0 aliphatic carbocycles. The van der Waals surface area contributed by atoms with E-state index < -0.39 is 0 Å². The van der Waals surface area contributed by atoms with Crippen molar-refractivity contribution in [1.29, 1.82) is 47.4 Å². The third-order valence-corrected chi connectivity index (χ3v) is 28.4. The van der Waals surface area contributed by atoms with Crippen LogP contribution in [-0.4, -0.2) is 42.4 Å². The second-order valence-corrected chi connectivity index (χ2v) is 36.7. The summed E-state index contributed by atoms with van der Waals surface area (Å²) < 4.78 is 13.4. The highest BCUT2D eigenvalue weighted by Crippen LogP contribution is 2.48.